The molecule has 0 atom stereocenters. The molecular weight excluding hydrogens is 412 g/mol. The first-order valence-corrected chi connectivity index (χ1v) is 11.9. The van der Waals surface area contributed by atoms with Crippen LogP contribution in [0.4, 0.5) is 5.82 Å². The molecule has 31 heavy (non-hydrogen) atoms. The van der Waals surface area contributed by atoms with Gasteiger partial charge in [0.2, 0.25) is 15.9 Å². The molecule has 1 aliphatic heterocycles. The maximum atomic E-state index is 12.9. The van der Waals surface area contributed by atoms with E-state index in [2.05, 4.69) is 14.9 Å². The van der Waals surface area contributed by atoms with Crippen LogP contribution in [0.5, 0.6) is 11.6 Å². The molecule has 1 aliphatic rings. The molecule has 1 aromatic heterocycles. The molecule has 1 saturated heterocycles. The summed E-state index contributed by atoms with van der Waals surface area (Å²) >= 11 is 0. The Morgan fingerprint density at radius 3 is 2.26 bits per heavy atom. The fourth-order valence-corrected chi connectivity index (χ4v) is 5.05. The third kappa shape index (κ3) is 5.39. The molecule has 0 amide bonds. The van der Waals surface area contributed by atoms with E-state index in [9.17, 15) is 8.42 Å². The molecule has 0 bridgehead atoms. The zero-order valence-electron chi connectivity index (χ0n) is 17.7. The molecular formula is C23H26N4O3S. The maximum absolute atomic E-state index is 12.9. The number of aromatic nitrogens is 2. The Balaban J connectivity index is 1.42. The Morgan fingerprint density at radius 1 is 0.903 bits per heavy atom. The lowest BCUT2D eigenvalue weighted by Crippen LogP contribution is -2.49. The predicted molar refractivity (Wildman–Crippen MR) is 121 cm³/mol. The molecule has 2 heterocycles. The Hall–Kier alpha value is -2.97. The number of rotatable bonds is 6. The zero-order chi connectivity index (χ0) is 21.8. The van der Waals surface area contributed by atoms with Crippen molar-refractivity contribution < 1.29 is 13.2 Å². The standard InChI is InChI=1S/C23H26N4O3S/c1-18-8-10-20(11-9-18)17-31(28,29)27-14-12-26(13-15-27)22-16-23(25-19(2)24-22)30-21-6-4-3-5-7-21/h3-11,16H,12-15,17H2,1-2H3. The second-order valence-electron chi connectivity index (χ2n) is 7.65. The lowest BCUT2D eigenvalue weighted by molar-refractivity contribution is 0.382. The van der Waals surface area contributed by atoms with Crippen LogP contribution in [0.15, 0.2) is 60.7 Å². The summed E-state index contributed by atoms with van der Waals surface area (Å²) in [6.07, 6.45) is 0. The van der Waals surface area contributed by atoms with Crippen LogP contribution in [0.3, 0.4) is 0 Å². The minimum absolute atomic E-state index is 0.0228. The second kappa shape index (κ2) is 9.03. The minimum atomic E-state index is -3.36. The Morgan fingerprint density at radius 2 is 1.58 bits per heavy atom. The van der Waals surface area contributed by atoms with Gasteiger partial charge in [-0.2, -0.15) is 9.29 Å². The van der Waals surface area contributed by atoms with Crippen molar-refractivity contribution in [1.29, 1.82) is 0 Å². The molecule has 0 N–H and O–H groups in total. The summed E-state index contributed by atoms with van der Waals surface area (Å²) in [5, 5.41) is 0. The van der Waals surface area contributed by atoms with Gasteiger partial charge >= 0.3 is 0 Å². The van der Waals surface area contributed by atoms with Crippen LogP contribution in [0, 0.1) is 13.8 Å². The van der Waals surface area contributed by atoms with E-state index in [-0.39, 0.29) is 5.75 Å². The molecule has 0 spiro atoms. The Kier molecular flexibility index (Phi) is 6.20. The molecule has 0 radical (unpaired) electrons. The summed E-state index contributed by atoms with van der Waals surface area (Å²) in [7, 11) is -3.36. The largest absolute Gasteiger partial charge is 0.439 e. The van der Waals surface area contributed by atoms with Gasteiger partial charge in [-0.05, 0) is 31.5 Å². The number of aryl methyl sites for hydroxylation is 2. The van der Waals surface area contributed by atoms with E-state index in [0.29, 0.717) is 43.6 Å². The van der Waals surface area contributed by atoms with Crippen molar-refractivity contribution in [1.82, 2.24) is 14.3 Å². The normalized spacial score (nSPS) is 15.1. The van der Waals surface area contributed by atoms with E-state index >= 15 is 0 Å². The molecule has 3 aromatic rings. The van der Waals surface area contributed by atoms with Crippen molar-refractivity contribution in [3.05, 3.63) is 77.6 Å². The summed E-state index contributed by atoms with van der Waals surface area (Å²) in [5.41, 5.74) is 1.92. The third-order valence-electron chi connectivity index (χ3n) is 5.19. The molecule has 0 unspecified atom stereocenters. The number of ether oxygens (including phenoxy) is 1. The molecule has 0 saturated carbocycles. The molecule has 162 valence electrons. The molecule has 4 rings (SSSR count). The van der Waals surface area contributed by atoms with Gasteiger partial charge < -0.3 is 9.64 Å². The van der Waals surface area contributed by atoms with Crippen LogP contribution >= 0.6 is 0 Å². The number of nitrogens with zero attached hydrogens (tertiary/aromatic N) is 4. The van der Waals surface area contributed by atoms with Crippen LogP contribution in [0.1, 0.15) is 17.0 Å². The quantitative estimate of drug-likeness (QED) is 0.586. The van der Waals surface area contributed by atoms with Crippen molar-refractivity contribution in [2.45, 2.75) is 19.6 Å². The topological polar surface area (TPSA) is 75.6 Å². The highest BCUT2D eigenvalue weighted by Crippen LogP contribution is 2.24. The number of hydrogen-bond acceptors (Lipinski definition) is 6. The highest BCUT2D eigenvalue weighted by Gasteiger charge is 2.28. The molecule has 8 heteroatoms. The number of para-hydroxylation sites is 1. The number of benzene rings is 2. The second-order valence-corrected chi connectivity index (χ2v) is 9.62. The van der Waals surface area contributed by atoms with Crippen molar-refractivity contribution in [3.8, 4) is 11.6 Å². The lowest BCUT2D eigenvalue weighted by atomic mass is 10.2. The van der Waals surface area contributed by atoms with Gasteiger partial charge in [-0.15, -0.1) is 0 Å². The fraction of sp³-hybridized carbons (Fsp3) is 0.304. The first-order chi connectivity index (χ1) is 14.9. The fourth-order valence-electron chi connectivity index (χ4n) is 3.53. The van der Waals surface area contributed by atoms with E-state index < -0.39 is 10.0 Å². The summed E-state index contributed by atoms with van der Waals surface area (Å²) < 4.78 is 33.1. The molecule has 7 nitrogen and oxygen atoms in total. The van der Waals surface area contributed by atoms with Crippen LogP contribution in [-0.2, 0) is 15.8 Å². The lowest BCUT2D eigenvalue weighted by Gasteiger charge is -2.34. The van der Waals surface area contributed by atoms with Gasteiger partial charge in [0, 0.05) is 32.2 Å². The molecule has 1 fully saturated rings. The predicted octanol–water partition coefficient (Wildman–Crippen LogP) is 3.54. The van der Waals surface area contributed by atoms with Gasteiger partial charge in [-0.1, -0.05) is 48.0 Å². The van der Waals surface area contributed by atoms with Gasteiger partial charge in [-0.3, -0.25) is 0 Å². The SMILES string of the molecule is Cc1ccc(CS(=O)(=O)N2CCN(c3cc(Oc4ccccc4)nc(C)n3)CC2)cc1. The van der Waals surface area contributed by atoms with Crippen molar-refractivity contribution >= 4 is 15.8 Å². The average Bonchev–Trinajstić information content (AvgIpc) is 2.76. The van der Waals surface area contributed by atoms with Crippen molar-refractivity contribution in [2.75, 3.05) is 31.1 Å². The first kappa shape index (κ1) is 21.3. The minimum Gasteiger partial charge on any atom is -0.439 e. The van der Waals surface area contributed by atoms with Crippen LogP contribution in [0.2, 0.25) is 0 Å². The van der Waals surface area contributed by atoms with E-state index in [1.165, 1.54) is 0 Å². The highest BCUT2D eigenvalue weighted by atomic mass is 32.2. The number of anilines is 1. The summed E-state index contributed by atoms with van der Waals surface area (Å²) in [5.74, 6) is 2.56. The number of hydrogen-bond donors (Lipinski definition) is 0. The molecule has 2 aromatic carbocycles. The monoisotopic (exact) mass is 438 g/mol. The van der Waals surface area contributed by atoms with Crippen molar-refractivity contribution in [3.63, 3.8) is 0 Å². The van der Waals surface area contributed by atoms with E-state index in [1.807, 2.05) is 68.4 Å². The van der Waals surface area contributed by atoms with Crippen LogP contribution < -0.4 is 9.64 Å². The third-order valence-corrected chi connectivity index (χ3v) is 7.04. The smallest absolute Gasteiger partial charge is 0.224 e. The van der Waals surface area contributed by atoms with Crippen LogP contribution in [-0.4, -0.2) is 48.9 Å². The summed E-state index contributed by atoms with van der Waals surface area (Å²) in [4.78, 5) is 11.0. The van der Waals surface area contributed by atoms with E-state index in [0.717, 1.165) is 16.9 Å². The van der Waals surface area contributed by atoms with E-state index in [4.69, 9.17) is 4.74 Å². The maximum Gasteiger partial charge on any atom is 0.224 e. The highest BCUT2D eigenvalue weighted by molar-refractivity contribution is 7.88. The number of sulfonamides is 1. The van der Waals surface area contributed by atoms with Gasteiger partial charge in [-0.25, -0.2) is 13.4 Å². The van der Waals surface area contributed by atoms with Gasteiger partial charge in [0.05, 0.1) is 5.75 Å². The van der Waals surface area contributed by atoms with Crippen LogP contribution in [0.25, 0.3) is 0 Å². The average molecular weight is 439 g/mol. The Bertz CT molecular complexity index is 1130. The van der Waals surface area contributed by atoms with Gasteiger partial charge in [0.1, 0.15) is 17.4 Å². The molecule has 0 aliphatic carbocycles. The van der Waals surface area contributed by atoms with E-state index in [1.54, 1.807) is 10.4 Å². The number of piperazine rings is 1. The first-order valence-electron chi connectivity index (χ1n) is 10.3. The zero-order valence-corrected chi connectivity index (χ0v) is 18.5. The Labute approximate surface area is 183 Å². The van der Waals surface area contributed by atoms with Crippen molar-refractivity contribution in [2.24, 2.45) is 0 Å². The summed E-state index contributed by atoms with van der Waals surface area (Å²) in [6.45, 7) is 5.78. The van der Waals surface area contributed by atoms with Gasteiger partial charge in [0.15, 0.2) is 0 Å². The summed E-state index contributed by atoms with van der Waals surface area (Å²) in [6, 6.07) is 18.9. The van der Waals surface area contributed by atoms with Gasteiger partial charge in [0.25, 0.3) is 0 Å².